The van der Waals surface area contributed by atoms with Crippen molar-refractivity contribution in [2.24, 2.45) is 0 Å². The second-order valence-electron chi connectivity index (χ2n) is 6.29. The maximum Gasteiger partial charge on any atom is 0.264 e. The molecular formula is C20H23N3O4S. The molecule has 3 rings (SSSR count). The summed E-state index contributed by atoms with van der Waals surface area (Å²) in [5.41, 5.74) is 0.475. The minimum absolute atomic E-state index is 0.00546. The molecule has 1 saturated heterocycles. The van der Waals surface area contributed by atoms with Crippen LogP contribution in [0, 0.1) is 0 Å². The summed E-state index contributed by atoms with van der Waals surface area (Å²) in [5.74, 6) is 0.251. The van der Waals surface area contributed by atoms with Crippen molar-refractivity contribution in [1.29, 1.82) is 0 Å². The van der Waals surface area contributed by atoms with Gasteiger partial charge in [0.05, 0.1) is 18.0 Å². The topological polar surface area (TPSA) is 79.0 Å². The van der Waals surface area contributed by atoms with Crippen LogP contribution in [-0.2, 0) is 4.79 Å². The Morgan fingerprint density at radius 3 is 2.32 bits per heavy atom. The van der Waals surface area contributed by atoms with Gasteiger partial charge in [0.25, 0.3) is 11.8 Å². The van der Waals surface area contributed by atoms with Crippen molar-refractivity contribution in [3.05, 3.63) is 52.2 Å². The number of nitrogens with one attached hydrogen (secondary N) is 1. The van der Waals surface area contributed by atoms with Crippen molar-refractivity contribution >= 4 is 29.1 Å². The first kappa shape index (κ1) is 19.9. The third kappa shape index (κ3) is 4.89. The van der Waals surface area contributed by atoms with Gasteiger partial charge in [-0.1, -0.05) is 6.07 Å². The molecule has 0 saturated carbocycles. The summed E-state index contributed by atoms with van der Waals surface area (Å²) in [6.45, 7) is 4.32. The fourth-order valence-corrected chi connectivity index (χ4v) is 3.64. The molecule has 0 unspecified atom stereocenters. The number of rotatable bonds is 6. The van der Waals surface area contributed by atoms with E-state index in [9.17, 15) is 14.4 Å². The number of carbonyl (C=O) groups is 3. The highest BCUT2D eigenvalue weighted by atomic mass is 32.1. The van der Waals surface area contributed by atoms with Crippen molar-refractivity contribution in [1.82, 2.24) is 15.1 Å². The molecule has 8 heteroatoms. The van der Waals surface area contributed by atoms with Gasteiger partial charge in [-0.05, 0) is 42.6 Å². The summed E-state index contributed by atoms with van der Waals surface area (Å²) >= 11 is 1.42. The summed E-state index contributed by atoms with van der Waals surface area (Å²) in [5, 5.41) is 4.53. The normalized spacial score (nSPS) is 13.9. The summed E-state index contributed by atoms with van der Waals surface area (Å²) in [6, 6.07) is 10.4. The number of benzene rings is 1. The zero-order chi connectivity index (χ0) is 19.9. The van der Waals surface area contributed by atoms with Crippen LogP contribution in [0.2, 0.25) is 0 Å². The van der Waals surface area contributed by atoms with Crippen molar-refractivity contribution in [3.8, 4) is 5.75 Å². The van der Waals surface area contributed by atoms with Gasteiger partial charge in [-0.15, -0.1) is 11.3 Å². The third-order valence-electron chi connectivity index (χ3n) is 4.48. The molecule has 2 aromatic rings. The zero-order valence-corrected chi connectivity index (χ0v) is 16.5. The van der Waals surface area contributed by atoms with Crippen LogP contribution in [0.4, 0.5) is 0 Å². The molecule has 7 nitrogen and oxygen atoms in total. The molecule has 1 aliphatic heterocycles. The van der Waals surface area contributed by atoms with E-state index in [4.69, 9.17) is 4.74 Å². The smallest absolute Gasteiger partial charge is 0.264 e. The van der Waals surface area contributed by atoms with Crippen molar-refractivity contribution in [2.45, 2.75) is 6.92 Å². The number of thiophene rings is 1. The lowest BCUT2D eigenvalue weighted by atomic mass is 10.2. The van der Waals surface area contributed by atoms with Gasteiger partial charge in [0.1, 0.15) is 5.75 Å². The van der Waals surface area contributed by atoms with E-state index < -0.39 is 0 Å². The fourth-order valence-electron chi connectivity index (χ4n) is 2.95. The lowest BCUT2D eigenvalue weighted by Crippen LogP contribution is -2.52. The van der Waals surface area contributed by atoms with Crippen molar-refractivity contribution in [2.75, 3.05) is 39.3 Å². The third-order valence-corrected chi connectivity index (χ3v) is 5.34. The molecule has 0 bridgehead atoms. The highest BCUT2D eigenvalue weighted by Crippen LogP contribution is 2.14. The standard InChI is InChI=1S/C20H23N3O4S/c1-2-27-16-7-5-15(6-8-16)19(25)21-14-18(24)22-9-11-23(12-10-22)20(26)17-4-3-13-28-17/h3-8,13H,2,9-12,14H2,1H3,(H,21,25). The van der Waals surface area contributed by atoms with Crippen LogP contribution in [0.3, 0.4) is 0 Å². The molecule has 1 aromatic carbocycles. The number of ether oxygens (including phenoxy) is 1. The molecule has 0 spiro atoms. The number of hydrogen-bond donors (Lipinski definition) is 1. The van der Waals surface area contributed by atoms with Crippen LogP contribution in [-0.4, -0.2) is 66.9 Å². The molecule has 0 radical (unpaired) electrons. The Balaban J connectivity index is 1.44. The van der Waals surface area contributed by atoms with Crippen LogP contribution in [0.5, 0.6) is 5.75 Å². The van der Waals surface area contributed by atoms with Gasteiger partial charge in [-0.25, -0.2) is 0 Å². The summed E-state index contributed by atoms with van der Waals surface area (Å²) in [4.78, 5) is 41.1. The molecule has 2 heterocycles. The van der Waals surface area contributed by atoms with E-state index in [-0.39, 0.29) is 24.3 Å². The first-order valence-electron chi connectivity index (χ1n) is 9.20. The van der Waals surface area contributed by atoms with Gasteiger partial charge in [0, 0.05) is 31.7 Å². The van der Waals surface area contributed by atoms with E-state index in [1.165, 1.54) is 11.3 Å². The number of nitrogens with zero attached hydrogens (tertiary/aromatic N) is 2. The Hall–Kier alpha value is -2.87. The molecule has 0 atom stereocenters. The molecule has 1 aliphatic rings. The molecule has 28 heavy (non-hydrogen) atoms. The van der Waals surface area contributed by atoms with Crippen LogP contribution in [0.1, 0.15) is 27.0 Å². The Morgan fingerprint density at radius 1 is 1.04 bits per heavy atom. The second-order valence-corrected chi connectivity index (χ2v) is 7.24. The number of piperazine rings is 1. The van der Waals surface area contributed by atoms with Crippen LogP contribution in [0.25, 0.3) is 0 Å². The monoisotopic (exact) mass is 401 g/mol. The number of amides is 3. The number of hydrogen-bond acceptors (Lipinski definition) is 5. The predicted octanol–water partition coefficient (Wildman–Crippen LogP) is 1.86. The van der Waals surface area contributed by atoms with Crippen molar-refractivity contribution in [3.63, 3.8) is 0 Å². The molecule has 148 valence electrons. The first-order chi connectivity index (χ1) is 13.6. The fraction of sp³-hybridized carbons (Fsp3) is 0.350. The molecule has 1 fully saturated rings. The molecule has 3 amide bonds. The lowest BCUT2D eigenvalue weighted by molar-refractivity contribution is -0.131. The van der Waals surface area contributed by atoms with Crippen molar-refractivity contribution < 1.29 is 19.1 Å². The lowest BCUT2D eigenvalue weighted by Gasteiger charge is -2.34. The van der Waals surface area contributed by atoms with Gasteiger partial charge in [0.15, 0.2) is 0 Å². The van der Waals surface area contributed by atoms with Crippen LogP contribution < -0.4 is 10.1 Å². The van der Waals surface area contributed by atoms with E-state index >= 15 is 0 Å². The summed E-state index contributed by atoms with van der Waals surface area (Å²) in [7, 11) is 0. The minimum Gasteiger partial charge on any atom is -0.494 e. The molecule has 0 aliphatic carbocycles. The Morgan fingerprint density at radius 2 is 1.71 bits per heavy atom. The average molecular weight is 401 g/mol. The summed E-state index contributed by atoms with van der Waals surface area (Å²) < 4.78 is 5.35. The van der Waals surface area contributed by atoms with Crippen LogP contribution in [0.15, 0.2) is 41.8 Å². The van der Waals surface area contributed by atoms with Gasteiger partial charge >= 0.3 is 0 Å². The highest BCUT2D eigenvalue weighted by molar-refractivity contribution is 7.12. The van der Waals surface area contributed by atoms with Gasteiger partial charge < -0.3 is 19.9 Å². The maximum atomic E-state index is 12.4. The highest BCUT2D eigenvalue weighted by Gasteiger charge is 2.25. The van der Waals surface area contributed by atoms with E-state index in [0.29, 0.717) is 49.0 Å². The Bertz CT molecular complexity index is 812. The Labute approximate surface area is 167 Å². The van der Waals surface area contributed by atoms with Gasteiger partial charge in [0.2, 0.25) is 5.91 Å². The van der Waals surface area contributed by atoms with Crippen LogP contribution >= 0.6 is 11.3 Å². The zero-order valence-electron chi connectivity index (χ0n) is 15.7. The Kier molecular flexibility index (Phi) is 6.65. The van der Waals surface area contributed by atoms with E-state index in [1.54, 1.807) is 40.1 Å². The molecule has 1 N–H and O–H groups in total. The average Bonchev–Trinajstić information content (AvgIpc) is 3.27. The SMILES string of the molecule is CCOc1ccc(C(=O)NCC(=O)N2CCN(C(=O)c3cccs3)CC2)cc1. The first-order valence-corrected chi connectivity index (χ1v) is 10.1. The predicted molar refractivity (Wildman–Crippen MR) is 107 cm³/mol. The van der Waals surface area contributed by atoms with E-state index in [2.05, 4.69) is 5.32 Å². The van der Waals surface area contributed by atoms with E-state index in [0.717, 1.165) is 0 Å². The summed E-state index contributed by atoms with van der Waals surface area (Å²) in [6.07, 6.45) is 0. The molecular weight excluding hydrogens is 378 g/mol. The maximum absolute atomic E-state index is 12.4. The van der Waals surface area contributed by atoms with E-state index in [1.807, 2.05) is 18.4 Å². The second kappa shape index (κ2) is 9.36. The quantitative estimate of drug-likeness (QED) is 0.801. The largest absolute Gasteiger partial charge is 0.494 e. The van der Waals surface area contributed by atoms with Gasteiger partial charge in [-0.3, -0.25) is 14.4 Å². The minimum atomic E-state index is -0.303. The molecule has 1 aromatic heterocycles. The number of carbonyl (C=O) groups excluding carboxylic acids is 3. The van der Waals surface area contributed by atoms with Gasteiger partial charge in [-0.2, -0.15) is 0 Å².